The first-order chi connectivity index (χ1) is 14.9. The van der Waals surface area contributed by atoms with Crippen LogP contribution in [-0.2, 0) is 4.74 Å². The van der Waals surface area contributed by atoms with Crippen molar-refractivity contribution < 1.29 is 18.7 Å². The number of aryl methyl sites for hydroxylation is 3. The fraction of sp³-hybridized carbons (Fsp3) is 0.391. The molecule has 0 fully saturated rings. The highest BCUT2D eigenvalue weighted by atomic mass is 16.5. The number of methoxy groups -OCH3 is 1. The third-order valence-corrected chi connectivity index (χ3v) is 4.97. The Labute approximate surface area is 182 Å². The summed E-state index contributed by atoms with van der Waals surface area (Å²) >= 11 is 0. The van der Waals surface area contributed by atoms with E-state index in [0.717, 1.165) is 47.6 Å². The Morgan fingerprint density at radius 3 is 2.39 bits per heavy atom. The van der Waals surface area contributed by atoms with Gasteiger partial charge in [-0.2, -0.15) is 0 Å². The minimum absolute atomic E-state index is 0.230. The lowest BCUT2D eigenvalue weighted by atomic mass is 10.1. The van der Waals surface area contributed by atoms with E-state index in [-0.39, 0.29) is 5.88 Å². The highest BCUT2D eigenvalue weighted by Gasteiger charge is 2.25. The molecule has 0 saturated carbocycles. The summed E-state index contributed by atoms with van der Waals surface area (Å²) in [6.45, 7) is 11.4. The molecule has 0 unspecified atom stereocenters. The van der Waals surface area contributed by atoms with Crippen LogP contribution >= 0.6 is 0 Å². The van der Waals surface area contributed by atoms with Gasteiger partial charge in [0.1, 0.15) is 11.3 Å². The maximum Gasteiger partial charge on any atom is 0.345 e. The predicted octanol–water partition coefficient (Wildman–Crippen LogP) is 4.87. The van der Waals surface area contributed by atoms with Crippen molar-refractivity contribution in [2.75, 3.05) is 25.1 Å². The largest absolute Gasteiger partial charge is 0.465 e. The second kappa shape index (κ2) is 9.59. The average molecular weight is 425 g/mol. The summed E-state index contributed by atoms with van der Waals surface area (Å²) in [7, 11) is 1.36. The summed E-state index contributed by atoms with van der Waals surface area (Å²) in [5, 5.41) is 7.70. The van der Waals surface area contributed by atoms with Crippen LogP contribution in [0.2, 0.25) is 0 Å². The minimum atomic E-state index is -0.482. The Morgan fingerprint density at radius 2 is 1.84 bits per heavy atom. The summed E-state index contributed by atoms with van der Waals surface area (Å²) < 4.78 is 16.6. The van der Waals surface area contributed by atoms with Crippen molar-refractivity contribution in [3.8, 4) is 23.1 Å². The fourth-order valence-corrected chi connectivity index (χ4v) is 3.59. The van der Waals surface area contributed by atoms with Crippen LogP contribution in [0.5, 0.6) is 11.6 Å². The molecule has 8 nitrogen and oxygen atoms in total. The molecule has 0 bridgehead atoms. The molecule has 3 aromatic rings. The van der Waals surface area contributed by atoms with E-state index >= 15 is 0 Å². The van der Waals surface area contributed by atoms with Gasteiger partial charge in [-0.25, -0.2) is 9.78 Å². The molecule has 0 saturated heterocycles. The Hall–Kier alpha value is -3.42. The van der Waals surface area contributed by atoms with Gasteiger partial charge in [0.05, 0.1) is 12.8 Å². The van der Waals surface area contributed by atoms with E-state index in [1.165, 1.54) is 13.5 Å². The van der Waals surface area contributed by atoms with E-state index < -0.39 is 5.97 Å². The second-order valence-corrected chi connectivity index (χ2v) is 7.32. The van der Waals surface area contributed by atoms with Gasteiger partial charge in [-0.15, -0.1) is 10.2 Å². The van der Waals surface area contributed by atoms with Gasteiger partial charge in [0.2, 0.25) is 18.2 Å². The molecular weight excluding hydrogens is 396 g/mol. The van der Waals surface area contributed by atoms with Gasteiger partial charge in [0, 0.05) is 24.3 Å². The normalized spacial score (nSPS) is 10.8. The van der Waals surface area contributed by atoms with Gasteiger partial charge in [0.15, 0.2) is 0 Å². The van der Waals surface area contributed by atoms with Gasteiger partial charge >= 0.3 is 5.97 Å². The van der Waals surface area contributed by atoms with Crippen molar-refractivity contribution in [2.24, 2.45) is 0 Å². The predicted molar refractivity (Wildman–Crippen MR) is 118 cm³/mol. The van der Waals surface area contributed by atoms with Crippen LogP contribution < -0.4 is 9.64 Å². The Morgan fingerprint density at radius 1 is 1.13 bits per heavy atom. The lowest BCUT2D eigenvalue weighted by molar-refractivity contribution is 0.0597. The third-order valence-electron chi connectivity index (χ3n) is 4.97. The summed E-state index contributed by atoms with van der Waals surface area (Å²) in [4.78, 5) is 19.4. The van der Waals surface area contributed by atoms with Crippen LogP contribution in [-0.4, -0.2) is 41.3 Å². The number of carbonyl (C=O) groups excluding carboxylic acids is 1. The molecule has 2 aromatic heterocycles. The minimum Gasteiger partial charge on any atom is -0.465 e. The molecule has 0 aliphatic heterocycles. The number of anilines is 1. The lowest BCUT2D eigenvalue weighted by Gasteiger charge is -2.26. The number of carbonyl (C=O) groups is 1. The Balaban J connectivity index is 2.11. The number of hydrogen-bond acceptors (Lipinski definition) is 8. The molecule has 0 amide bonds. The van der Waals surface area contributed by atoms with E-state index in [1.807, 2.05) is 39.0 Å². The fourth-order valence-electron chi connectivity index (χ4n) is 3.59. The van der Waals surface area contributed by atoms with Crippen molar-refractivity contribution >= 4 is 11.7 Å². The highest BCUT2D eigenvalue weighted by molar-refractivity contribution is 5.98. The maximum atomic E-state index is 12.8. The monoisotopic (exact) mass is 424 g/mol. The number of pyridine rings is 1. The van der Waals surface area contributed by atoms with Crippen LogP contribution in [0.25, 0.3) is 11.5 Å². The molecule has 0 N–H and O–H groups in total. The molecule has 8 heteroatoms. The zero-order chi connectivity index (χ0) is 22.5. The lowest BCUT2D eigenvalue weighted by Crippen LogP contribution is -2.26. The molecule has 0 atom stereocenters. The van der Waals surface area contributed by atoms with Crippen LogP contribution in [0.4, 0.5) is 5.69 Å². The van der Waals surface area contributed by atoms with Crippen LogP contribution in [0.15, 0.2) is 29.0 Å². The molecule has 0 aliphatic carbocycles. The summed E-state index contributed by atoms with van der Waals surface area (Å²) in [6.07, 6.45) is 2.24. The van der Waals surface area contributed by atoms with Gasteiger partial charge in [-0.3, -0.25) is 0 Å². The molecule has 0 spiro atoms. The first-order valence-electron chi connectivity index (χ1n) is 10.3. The van der Waals surface area contributed by atoms with E-state index in [2.05, 4.69) is 33.9 Å². The SMILES string of the molecule is CCCN(CC)c1cc(C)nc(Oc2c(C)cc(-c3nnco3)cc2C)c1C(=O)OC. The zero-order valence-electron chi connectivity index (χ0n) is 18.9. The highest BCUT2D eigenvalue weighted by Crippen LogP contribution is 2.37. The van der Waals surface area contributed by atoms with Gasteiger partial charge in [-0.1, -0.05) is 6.92 Å². The number of benzene rings is 1. The molecule has 2 heterocycles. The topological polar surface area (TPSA) is 90.6 Å². The number of rotatable bonds is 8. The molecule has 3 rings (SSSR count). The van der Waals surface area contributed by atoms with Crippen LogP contribution in [0.1, 0.15) is 47.4 Å². The van der Waals surface area contributed by atoms with E-state index in [1.54, 1.807) is 0 Å². The van der Waals surface area contributed by atoms with E-state index in [0.29, 0.717) is 17.2 Å². The quantitative estimate of drug-likeness (QED) is 0.473. The summed E-state index contributed by atoms with van der Waals surface area (Å²) in [6, 6.07) is 5.70. The number of hydrogen-bond donors (Lipinski definition) is 0. The van der Waals surface area contributed by atoms with Crippen molar-refractivity contribution in [2.45, 2.75) is 41.0 Å². The van der Waals surface area contributed by atoms with Gasteiger partial charge in [0.25, 0.3) is 0 Å². The maximum absolute atomic E-state index is 12.8. The first kappa shape index (κ1) is 22.3. The summed E-state index contributed by atoms with van der Waals surface area (Å²) in [5.41, 5.74) is 4.35. The molecular formula is C23H28N4O4. The van der Waals surface area contributed by atoms with E-state index in [9.17, 15) is 4.79 Å². The molecule has 0 aliphatic rings. The number of aromatic nitrogens is 3. The van der Waals surface area contributed by atoms with Crippen LogP contribution in [0, 0.1) is 20.8 Å². The average Bonchev–Trinajstić information content (AvgIpc) is 3.28. The molecule has 0 radical (unpaired) electrons. The molecule has 31 heavy (non-hydrogen) atoms. The van der Waals surface area contributed by atoms with Crippen molar-refractivity contribution in [1.29, 1.82) is 0 Å². The Bertz CT molecular complexity index is 1040. The van der Waals surface area contributed by atoms with E-state index in [4.69, 9.17) is 13.9 Å². The van der Waals surface area contributed by atoms with Crippen molar-refractivity contribution in [3.63, 3.8) is 0 Å². The van der Waals surface area contributed by atoms with Crippen molar-refractivity contribution in [3.05, 3.63) is 47.0 Å². The van der Waals surface area contributed by atoms with Crippen molar-refractivity contribution in [1.82, 2.24) is 15.2 Å². The first-order valence-corrected chi connectivity index (χ1v) is 10.3. The second-order valence-electron chi connectivity index (χ2n) is 7.32. The Kier molecular flexibility index (Phi) is 6.89. The smallest absolute Gasteiger partial charge is 0.345 e. The zero-order valence-corrected chi connectivity index (χ0v) is 18.9. The van der Waals surface area contributed by atoms with Gasteiger partial charge < -0.3 is 18.8 Å². The standard InChI is InChI=1S/C23H28N4O4/c1-7-9-27(8-2)18-12-16(5)25-22(19(18)23(28)29-6)31-20-14(3)10-17(11-15(20)4)21-26-24-13-30-21/h10-13H,7-9H2,1-6H3. The summed E-state index contributed by atoms with van der Waals surface area (Å²) in [5.74, 6) is 0.802. The third kappa shape index (κ3) is 4.68. The number of nitrogens with zero attached hydrogens (tertiary/aromatic N) is 4. The van der Waals surface area contributed by atoms with Gasteiger partial charge in [-0.05, 0) is 63.4 Å². The number of ether oxygens (including phenoxy) is 2. The molecule has 164 valence electrons. The molecule has 1 aromatic carbocycles. The van der Waals surface area contributed by atoms with Crippen LogP contribution in [0.3, 0.4) is 0 Å². The number of esters is 1.